The maximum atomic E-state index is 10.8. The number of carboxylic acid groups (broad SMARTS) is 1. The molecule has 1 heterocycles. The summed E-state index contributed by atoms with van der Waals surface area (Å²) >= 11 is 0. The van der Waals surface area contributed by atoms with E-state index in [9.17, 15) is 4.79 Å². The van der Waals surface area contributed by atoms with Crippen LogP contribution in [0.3, 0.4) is 0 Å². The van der Waals surface area contributed by atoms with E-state index in [-0.39, 0.29) is 5.92 Å². The number of hydrogen-bond acceptors (Lipinski definition) is 2. The Labute approximate surface area is 84.1 Å². The molecule has 3 fully saturated rings. The minimum atomic E-state index is -0.599. The third-order valence-electron chi connectivity index (χ3n) is 4.34. The van der Waals surface area contributed by atoms with Crippen molar-refractivity contribution in [3.8, 4) is 0 Å². The second-order valence-corrected chi connectivity index (χ2v) is 5.12. The van der Waals surface area contributed by atoms with E-state index in [4.69, 9.17) is 5.11 Å². The van der Waals surface area contributed by atoms with Crippen LogP contribution < -0.4 is 0 Å². The average molecular weight is 195 g/mol. The van der Waals surface area contributed by atoms with E-state index in [1.807, 2.05) is 0 Å². The maximum absolute atomic E-state index is 10.8. The molecule has 4 unspecified atom stereocenters. The van der Waals surface area contributed by atoms with Gasteiger partial charge < -0.3 is 5.11 Å². The molecule has 3 aliphatic rings. The number of carboxylic acids is 1. The van der Waals surface area contributed by atoms with Crippen LogP contribution in [-0.2, 0) is 4.79 Å². The summed E-state index contributed by atoms with van der Waals surface area (Å²) in [5, 5.41) is 8.92. The Morgan fingerprint density at radius 3 is 2.64 bits per heavy atom. The summed E-state index contributed by atoms with van der Waals surface area (Å²) in [4.78, 5) is 13.3. The molecule has 3 heteroatoms. The fourth-order valence-electron chi connectivity index (χ4n) is 3.42. The standard InChI is InChI=1S/C11H17NO2/c13-11(14)8-3-4-12(6-8)10-2-1-7-5-9(7)10/h7-10H,1-6H2,(H,13,14). The highest BCUT2D eigenvalue weighted by Gasteiger charge is 2.51. The monoisotopic (exact) mass is 195 g/mol. The lowest BCUT2D eigenvalue weighted by molar-refractivity contribution is -0.141. The SMILES string of the molecule is O=C(O)C1CCN(C2CCC3CC32)C1. The number of aliphatic carboxylic acids is 1. The highest BCUT2D eigenvalue weighted by Crippen LogP contribution is 2.54. The van der Waals surface area contributed by atoms with Crippen LogP contribution in [0.4, 0.5) is 0 Å². The van der Waals surface area contributed by atoms with Gasteiger partial charge in [-0.1, -0.05) is 0 Å². The zero-order valence-corrected chi connectivity index (χ0v) is 8.35. The van der Waals surface area contributed by atoms with E-state index in [0.717, 1.165) is 37.4 Å². The van der Waals surface area contributed by atoms with Gasteiger partial charge in [0.05, 0.1) is 5.92 Å². The predicted octanol–water partition coefficient (Wildman–Crippen LogP) is 1.19. The Hall–Kier alpha value is -0.570. The summed E-state index contributed by atoms with van der Waals surface area (Å²) < 4.78 is 0. The fourth-order valence-corrected chi connectivity index (χ4v) is 3.42. The van der Waals surface area contributed by atoms with Crippen LogP contribution >= 0.6 is 0 Å². The van der Waals surface area contributed by atoms with E-state index in [2.05, 4.69) is 4.90 Å². The number of carbonyl (C=O) groups is 1. The van der Waals surface area contributed by atoms with Crippen LogP contribution in [0.25, 0.3) is 0 Å². The van der Waals surface area contributed by atoms with E-state index < -0.39 is 5.97 Å². The van der Waals surface area contributed by atoms with Gasteiger partial charge in [0, 0.05) is 12.6 Å². The average Bonchev–Trinajstić information content (AvgIpc) is 2.65. The number of nitrogens with zero attached hydrogens (tertiary/aromatic N) is 1. The van der Waals surface area contributed by atoms with Gasteiger partial charge in [-0.2, -0.15) is 0 Å². The van der Waals surface area contributed by atoms with Gasteiger partial charge >= 0.3 is 5.97 Å². The minimum absolute atomic E-state index is 0.0900. The molecule has 2 saturated carbocycles. The summed E-state index contributed by atoms with van der Waals surface area (Å²) in [6.45, 7) is 1.83. The molecule has 14 heavy (non-hydrogen) atoms. The van der Waals surface area contributed by atoms with E-state index in [1.165, 1.54) is 19.3 Å². The summed E-state index contributed by atoms with van der Waals surface area (Å²) in [5.41, 5.74) is 0. The Kier molecular flexibility index (Phi) is 1.84. The summed E-state index contributed by atoms with van der Waals surface area (Å²) in [6.07, 6.45) is 4.99. The minimum Gasteiger partial charge on any atom is -0.481 e. The summed E-state index contributed by atoms with van der Waals surface area (Å²) in [7, 11) is 0. The molecule has 0 amide bonds. The highest BCUT2D eigenvalue weighted by atomic mass is 16.4. The van der Waals surface area contributed by atoms with Crippen molar-refractivity contribution in [3.05, 3.63) is 0 Å². The first-order chi connectivity index (χ1) is 6.75. The van der Waals surface area contributed by atoms with Crippen molar-refractivity contribution in [1.82, 2.24) is 4.90 Å². The van der Waals surface area contributed by atoms with Crippen LogP contribution in [-0.4, -0.2) is 35.1 Å². The normalized spacial score (nSPS) is 46.6. The number of fused-ring (bicyclic) bond motifs is 1. The van der Waals surface area contributed by atoms with E-state index >= 15 is 0 Å². The molecule has 0 aromatic heterocycles. The molecule has 0 radical (unpaired) electrons. The molecule has 3 rings (SSSR count). The quantitative estimate of drug-likeness (QED) is 0.719. The Morgan fingerprint density at radius 2 is 2.14 bits per heavy atom. The molecule has 0 bridgehead atoms. The second kappa shape index (κ2) is 2.96. The van der Waals surface area contributed by atoms with Gasteiger partial charge in [-0.25, -0.2) is 0 Å². The molecule has 1 aliphatic heterocycles. The van der Waals surface area contributed by atoms with Crippen molar-refractivity contribution in [2.45, 2.75) is 31.7 Å². The zero-order chi connectivity index (χ0) is 9.71. The van der Waals surface area contributed by atoms with Crippen LogP contribution in [0.2, 0.25) is 0 Å². The first-order valence-corrected chi connectivity index (χ1v) is 5.72. The zero-order valence-electron chi connectivity index (χ0n) is 8.35. The topological polar surface area (TPSA) is 40.5 Å². The van der Waals surface area contributed by atoms with Crippen LogP contribution in [0.1, 0.15) is 25.7 Å². The Morgan fingerprint density at radius 1 is 1.29 bits per heavy atom. The Balaban J connectivity index is 1.62. The van der Waals surface area contributed by atoms with Crippen LogP contribution in [0.5, 0.6) is 0 Å². The van der Waals surface area contributed by atoms with Crippen molar-refractivity contribution in [1.29, 1.82) is 0 Å². The summed E-state index contributed by atoms with van der Waals surface area (Å²) in [6, 6.07) is 0.740. The molecule has 1 saturated heterocycles. The molecular formula is C11H17NO2. The van der Waals surface area contributed by atoms with Crippen molar-refractivity contribution in [3.63, 3.8) is 0 Å². The van der Waals surface area contributed by atoms with E-state index in [0.29, 0.717) is 0 Å². The number of likely N-dealkylation sites (tertiary alicyclic amines) is 1. The molecule has 2 aliphatic carbocycles. The number of hydrogen-bond donors (Lipinski definition) is 1. The first kappa shape index (κ1) is 8.72. The molecule has 3 nitrogen and oxygen atoms in total. The van der Waals surface area contributed by atoms with Crippen molar-refractivity contribution >= 4 is 5.97 Å². The van der Waals surface area contributed by atoms with Gasteiger partial charge in [0.25, 0.3) is 0 Å². The van der Waals surface area contributed by atoms with Crippen molar-refractivity contribution in [2.75, 3.05) is 13.1 Å². The smallest absolute Gasteiger partial charge is 0.307 e. The lowest BCUT2D eigenvalue weighted by atomic mass is 10.1. The largest absolute Gasteiger partial charge is 0.481 e. The third kappa shape index (κ3) is 1.26. The van der Waals surface area contributed by atoms with Crippen molar-refractivity contribution < 1.29 is 9.90 Å². The highest BCUT2D eigenvalue weighted by molar-refractivity contribution is 5.70. The van der Waals surface area contributed by atoms with Gasteiger partial charge in [-0.05, 0) is 44.1 Å². The van der Waals surface area contributed by atoms with Gasteiger partial charge in [-0.15, -0.1) is 0 Å². The van der Waals surface area contributed by atoms with E-state index in [1.54, 1.807) is 0 Å². The van der Waals surface area contributed by atoms with Crippen molar-refractivity contribution in [2.24, 2.45) is 17.8 Å². The third-order valence-corrected chi connectivity index (χ3v) is 4.34. The van der Waals surface area contributed by atoms with Crippen LogP contribution in [0.15, 0.2) is 0 Å². The number of rotatable bonds is 2. The molecule has 78 valence electrons. The van der Waals surface area contributed by atoms with Gasteiger partial charge in [-0.3, -0.25) is 9.69 Å². The van der Waals surface area contributed by atoms with Gasteiger partial charge in [0.1, 0.15) is 0 Å². The molecule has 0 aromatic rings. The van der Waals surface area contributed by atoms with Gasteiger partial charge in [0.2, 0.25) is 0 Å². The Bertz CT molecular complexity index is 266. The molecule has 0 aromatic carbocycles. The molecular weight excluding hydrogens is 178 g/mol. The molecule has 1 N–H and O–H groups in total. The van der Waals surface area contributed by atoms with Gasteiger partial charge in [0.15, 0.2) is 0 Å². The first-order valence-electron chi connectivity index (χ1n) is 5.72. The molecule has 4 atom stereocenters. The second-order valence-electron chi connectivity index (χ2n) is 5.12. The maximum Gasteiger partial charge on any atom is 0.307 e. The fraction of sp³-hybridized carbons (Fsp3) is 0.909. The lowest BCUT2D eigenvalue weighted by Gasteiger charge is -2.24. The summed E-state index contributed by atoms with van der Waals surface area (Å²) in [5.74, 6) is 1.25. The lowest BCUT2D eigenvalue weighted by Crippen LogP contribution is -2.34. The predicted molar refractivity (Wildman–Crippen MR) is 51.9 cm³/mol. The molecule has 0 spiro atoms. The van der Waals surface area contributed by atoms with Crippen LogP contribution in [0, 0.1) is 17.8 Å².